The van der Waals surface area contributed by atoms with Gasteiger partial charge in [-0.15, -0.1) is 0 Å². The molecule has 104 valence electrons. The van der Waals surface area contributed by atoms with Crippen LogP contribution in [0.5, 0.6) is 0 Å². The lowest BCUT2D eigenvalue weighted by Crippen LogP contribution is -1.41. The third-order valence-corrected chi connectivity index (χ3v) is 0.120. The Hall–Kier alpha value is -2.52. The quantitative estimate of drug-likeness (QED) is 0.228. The summed E-state index contributed by atoms with van der Waals surface area (Å²) in [7, 11) is 0. The number of hydrogen-bond donors (Lipinski definition) is 6. The van der Waals surface area contributed by atoms with E-state index in [9.17, 15) is 0 Å². The highest BCUT2D eigenvalue weighted by Crippen LogP contribution is 1.47. The molecule has 0 radical (unpaired) electrons. The minimum atomic E-state index is 0. The Morgan fingerprint density at radius 1 is 0.375 bits per heavy atom. The minimum Gasteiger partial charge on any atom is -0.412 e. The van der Waals surface area contributed by atoms with Gasteiger partial charge in [0.05, 0.1) is 31.7 Å². The Morgan fingerprint density at radius 3 is 0.438 bits per heavy atom. The van der Waals surface area contributed by atoms with Crippen molar-refractivity contribution in [3.8, 4) is 0 Å². The Kier molecular flexibility index (Phi) is 424. The first-order chi connectivity index (χ1) is 5.74. The van der Waals surface area contributed by atoms with E-state index in [4.69, 9.17) is 31.2 Å². The zero-order valence-corrected chi connectivity index (χ0v) is 6.87. The zero-order valence-electron chi connectivity index (χ0n) is 6.87. The van der Waals surface area contributed by atoms with Crippen molar-refractivity contribution in [2.75, 3.05) is 0 Å². The second kappa shape index (κ2) is 136. The average Bonchev–Trinajstić information content (AvgIpc) is 2.18. The van der Waals surface area contributed by atoms with Crippen molar-refractivity contribution in [2.24, 2.45) is 31.7 Å². The maximum atomic E-state index is 7.08. The first-order valence-corrected chi connectivity index (χ1v) is 1.80. The van der Waals surface area contributed by atoms with Gasteiger partial charge in [0.15, 0.2) is 0 Å². The molecule has 0 fully saturated rings. The van der Waals surface area contributed by atoms with Crippen molar-refractivity contribution in [1.82, 2.24) is 0 Å². The lowest BCUT2D eigenvalue weighted by Gasteiger charge is -1.53. The topological polar surface area (TPSA) is 290 Å². The molecule has 0 heterocycles. The summed E-state index contributed by atoms with van der Waals surface area (Å²) in [6.45, 7) is 0. The van der Waals surface area contributed by atoms with Gasteiger partial charge in [-0.2, -0.15) is 0 Å². The molecule has 0 bridgehead atoms. The van der Waals surface area contributed by atoms with Gasteiger partial charge in [-0.25, -0.2) is 0 Å². The molecule has 15 nitrogen and oxygen atoms in total. The van der Waals surface area contributed by atoms with E-state index in [1.807, 2.05) is 31.7 Å². The van der Waals surface area contributed by atoms with Gasteiger partial charge in [0, 0.05) is 0 Å². The molecule has 0 aromatic carbocycles. The second-order valence-electron chi connectivity index (χ2n) is 0.537. The first-order valence-electron chi connectivity index (χ1n) is 1.80. The smallest absolute Gasteiger partial charge is 0.0606 e. The molecule has 16 heavy (non-hydrogen) atoms. The van der Waals surface area contributed by atoms with Crippen LogP contribution in [0.3, 0.4) is 0 Å². The van der Waals surface area contributed by atoms with E-state index in [2.05, 4.69) is 0 Å². The Balaban J connectivity index is -0.0000000135. The first kappa shape index (κ1) is 50.0. The summed E-state index contributed by atoms with van der Waals surface area (Å²) in [5.41, 5.74) is 0. The molecule has 15 heteroatoms. The van der Waals surface area contributed by atoms with Crippen LogP contribution in [0.1, 0.15) is 7.43 Å². The van der Waals surface area contributed by atoms with Crippen molar-refractivity contribution < 1.29 is 47.7 Å². The van der Waals surface area contributed by atoms with E-state index in [0.29, 0.717) is 0 Å². The largest absolute Gasteiger partial charge is 0.412 e. The van der Waals surface area contributed by atoms with E-state index >= 15 is 0 Å². The second-order valence-corrected chi connectivity index (χ2v) is 0.537. The maximum absolute atomic E-state index is 7.08. The minimum absolute atomic E-state index is 0. The van der Waals surface area contributed by atoms with Gasteiger partial charge >= 0.3 is 0 Å². The van der Waals surface area contributed by atoms with Gasteiger partial charge in [-0.05, 0) is 0 Å². The van der Waals surface area contributed by atoms with Crippen LogP contribution < -0.4 is 0 Å². The lowest BCUT2D eigenvalue weighted by atomic mass is 12.0. The fourth-order valence-corrected chi connectivity index (χ4v) is 0. The van der Waals surface area contributed by atoms with Crippen molar-refractivity contribution in [3.05, 3.63) is 0 Å². The molecule has 0 aromatic rings. The fourth-order valence-electron chi connectivity index (χ4n) is 0. The van der Waals surface area contributed by atoms with Crippen LogP contribution in [0.15, 0.2) is 31.7 Å². The summed E-state index contributed by atoms with van der Waals surface area (Å²) in [4.78, 5) is 0. The zero-order chi connectivity index (χ0) is 10.2. The molecule has 0 aliphatic heterocycles. The predicted octanol–water partition coefficient (Wildman–Crippen LogP) is -1.19. The van der Waals surface area contributed by atoms with E-state index in [1.165, 1.54) is 0 Å². The van der Waals surface area contributed by atoms with Gasteiger partial charge in [-0.3, -0.25) is 0 Å². The van der Waals surface area contributed by atoms with Gasteiger partial charge in [0.25, 0.3) is 0 Å². The number of rotatable bonds is 0. The normalized spacial score (nSPS) is 6.75. The number of hydrogen-bond acceptors (Lipinski definition) is 6. The Bertz CT molecular complexity index is 89.4. The van der Waals surface area contributed by atoms with Crippen LogP contribution >= 0.6 is 0 Å². The Labute approximate surface area is 88.0 Å². The molecule has 0 aliphatic carbocycles. The van der Waals surface area contributed by atoms with Gasteiger partial charge in [0.1, 0.15) is 0 Å². The Morgan fingerprint density at radius 2 is 0.438 bits per heavy atom. The standard InChI is InChI=1S/CH4.3H2N2O2.3H2O/c;3*3-1-2-4;;;/h1H4;3*(H,1,4)(H,2,3);3*1H2. The summed E-state index contributed by atoms with van der Waals surface area (Å²) in [6.07, 6.45) is 0. The molecule has 0 unspecified atom stereocenters. The lowest BCUT2D eigenvalue weighted by molar-refractivity contribution is 0.177. The summed E-state index contributed by atoms with van der Waals surface area (Å²) in [6, 6.07) is 0. The highest BCUT2D eigenvalue weighted by atomic mass is 16.6. The average molecular weight is 256 g/mol. The third kappa shape index (κ3) is 5470. The van der Waals surface area contributed by atoms with Gasteiger partial charge in [-0.1, -0.05) is 7.43 Å². The summed E-state index contributed by atoms with van der Waals surface area (Å²) in [5, 5.41) is 54.0. The maximum Gasteiger partial charge on any atom is 0.0606 e. The van der Waals surface area contributed by atoms with Crippen molar-refractivity contribution in [1.29, 1.82) is 0 Å². The predicted molar refractivity (Wildman–Crippen MR) is 42.9 cm³/mol. The van der Waals surface area contributed by atoms with E-state index < -0.39 is 0 Å². The van der Waals surface area contributed by atoms with Crippen LogP contribution in [-0.4, -0.2) is 47.7 Å². The molecule has 12 N–H and O–H groups in total. The van der Waals surface area contributed by atoms with Crippen molar-refractivity contribution in [3.63, 3.8) is 0 Å². The highest BCUT2D eigenvalue weighted by molar-refractivity contribution is 3.52. The van der Waals surface area contributed by atoms with Crippen LogP contribution in [-0.2, 0) is 0 Å². The highest BCUT2D eigenvalue weighted by Gasteiger charge is 1.35. The fraction of sp³-hybridized carbons (Fsp3) is 1.00. The number of nitrogens with zero attached hydrogens (tertiary/aromatic N) is 6. The van der Waals surface area contributed by atoms with Gasteiger partial charge < -0.3 is 47.7 Å². The third-order valence-electron chi connectivity index (χ3n) is 0.120. The summed E-state index contributed by atoms with van der Waals surface area (Å²) in [5.74, 6) is 0. The molecule has 0 atom stereocenters. The monoisotopic (exact) mass is 256 g/mol. The molecular weight excluding hydrogens is 240 g/mol. The molecular formula is CH16N6O9. The molecule has 0 aliphatic rings. The molecule has 0 aromatic heterocycles. The van der Waals surface area contributed by atoms with Crippen molar-refractivity contribution >= 4 is 0 Å². The molecule has 0 saturated heterocycles. The molecule has 0 rings (SSSR count). The van der Waals surface area contributed by atoms with Crippen molar-refractivity contribution in [2.45, 2.75) is 7.43 Å². The molecule has 0 amide bonds. The summed E-state index contributed by atoms with van der Waals surface area (Å²) < 4.78 is 0. The van der Waals surface area contributed by atoms with Crippen LogP contribution in [0, 0.1) is 0 Å². The molecule has 0 saturated carbocycles. The van der Waals surface area contributed by atoms with Crippen LogP contribution in [0.4, 0.5) is 0 Å². The van der Waals surface area contributed by atoms with E-state index in [-0.39, 0.29) is 23.9 Å². The molecule has 0 spiro atoms. The van der Waals surface area contributed by atoms with Crippen LogP contribution in [0.25, 0.3) is 0 Å². The summed E-state index contributed by atoms with van der Waals surface area (Å²) >= 11 is 0. The van der Waals surface area contributed by atoms with E-state index in [0.717, 1.165) is 0 Å². The van der Waals surface area contributed by atoms with E-state index in [1.54, 1.807) is 0 Å². The SMILES string of the molecule is C.O.O.O.ON=NO.ON=NO.ON=NO. The van der Waals surface area contributed by atoms with Gasteiger partial charge in [0.2, 0.25) is 0 Å². The van der Waals surface area contributed by atoms with Crippen LogP contribution in [0.2, 0.25) is 0 Å².